The van der Waals surface area contributed by atoms with Crippen molar-refractivity contribution in [1.82, 2.24) is 15.0 Å². The van der Waals surface area contributed by atoms with Crippen molar-refractivity contribution in [3.8, 4) is 10.6 Å². The number of aromatic nitrogens is 4. The Morgan fingerprint density at radius 2 is 1.75 bits per heavy atom. The minimum atomic E-state index is -2.31. The molecule has 1 aromatic carbocycles. The molecule has 0 unspecified atom stereocenters. The van der Waals surface area contributed by atoms with Gasteiger partial charge in [0.25, 0.3) is 0 Å². The van der Waals surface area contributed by atoms with Crippen LogP contribution in [0.3, 0.4) is 0 Å². The molecule has 4 rings (SSSR count). The first-order valence-electron chi connectivity index (χ1n) is 9.22. The summed E-state index contributed by atoms with van der Waals surface area (Å²) in [4.78, 5) is 14.6. The molecule has 5 heteroatoms. The minimum absolute atomic E-state index is 0.00712. The average Bonchev–Trinajstić information content (AvgIpc) is 2.91. The second-order valence-corrected chi connectivity index (χ2v) is 7.01. The van der Waals surface area contributed by atoms with Crippen LogP contribution in [0.4, 0.5) is 0 Å². The summed E-state index contributed by atoms with van der Waals surface area (Å²) < 4.78 is 26.2. The van der Waals surface area contributed by atoms with Crippen molar-refractivity contribution in [1.29, 1.82) is 0 Å². The van der Waals surface area contributed by atoms with Gasteiger partial charge in [0.2, 0.25) is 5.65 Å². The summed E-state index contributed by atoms with van der Waals surface area (Å²) in [6.07, 6.45) is 0. The molecule has 3 heterocycles. The topological polar surface area (TPSA) is 42.5 Å². The number of benzene rings is 1. The fourth-order valence-corrected chi connectivity index (χ4v) is 4.42. The van der Waals surface area contributed by atoms with Crippen LogP contribution in [0.5, 0.6) is 0 Å². The molecule has 0 radical (unpaired) electrons. The van der Waals surface area contributed by atoms with Crippen LogP contribution in [0.15, 0.2) is 24.3 Å². The van der Waals surface area contributed by atoms with E-state index in [9.17, 15) is 0 Å². The predicted octanol–water partition coefficient (Wildman–Crippen LogP) is 3.96. The molecular formula is C19H19N4S+. The molecule has 0 atom stereocenters. The summed E-state index contributed by atoms with van der Waals surface area (Å²) in [5.74, 6) is 0. The number of fused-ring (bicyclic) bond motifs is 2. The summed E-state index contributed by atoms with van der Waals surface area (Å²) in [5.41, 5.74) is 4.34. The lowest BCUT2D eigenvalue weighted by molar-refractivity contribution is -0.636. The van der Waals surface area contributed by atoms with E-state index in [1.807, 2.05) is 30.7 Å². The van der Waals surface area contributed by atoms with Gasteiger partial charge in [-0.1, -0.05) is 18.2 Å². The predicted molar refractivity (Wildman–Crippen MR) is 98.3 cm³/mol. The van der Waals surface area contributed by atoms with Gasteiger partial charge in [0.15, 0.2) is 11.4 Å². The highest BCUT2D eigenvalue weighted by Gasteiger charge is 2.24. The second-order valence-electron chi connectivity index (χ2n) is 5.96. The third kappa shape index (κ3) is 2.12. The maximum absolute atomic E-state index is 7.66. The number of aryl methyl sites for hydroxylation is 5. The molecule has 0 saturated heterocycles. The van der Waals surface area contributed by atoms with Gasteiger partial charge in [0, 0.05) is 15.7 Å². The van der Waals surface area contributed by atoms with Crippen LogP contribution in [0, 0.1) is 27.6 Å². The van der Waals surface area contributed by atoms with E-state index in [1.54, 1.807) is 18.3 Å². The molecule has 4 nitrogen and oxygen atoms in total. The summed E-state index contributed by atoms with van der Waals surface area (Å²) >= 11 is 1.73. The van der Waals surface area contributed by atoms with Gasteiger partial charge in [-0.05, 0) is 42.7 Å². The van der Waals surface area contributed by atoms with Crippen molar-refractivity contribution in [2.75, 3.05) is 0 Å². The molecule has 0 fully saturated rings. The molecule has 0 spiro atoms. The van der Waals surface area contributed by atoms with E-state index >= 15 is 0 Å². The van der Waals surface area contributed by atoms with Crippen molar-refractivity contribution >= 4 is 32.7 Å². The molecule has 0 N–H and O–H groups in total. The van der Waals surface area contributed by atoms with Crippen LogP contribution in [-0.2, 0) is 7.05 Å². The van der Waals surface area contributed by atoms with Crippen LogP contribution in [-0.4, -0.2) is 15.0 Å². The van der Waals surface area contributed by atoms with Gasteiger partial charge < -0.3 is 0 Å². The van der Waals surface area contributed by atoms with Gasteiger partial charge in [-0.15, -0.1) is 11.3 Å². The Hall–Kier alpha value is -2.40. The van der Waals surface area contributed by atoms with Gasteiger partial charge >= 0.3 is 5.65 Å². The third-order valence-corrected chi connectivity index (χ3v) is 5.64. The van der Waals surface area contributed by atoms with Crippen LogP contribution in [0.1, 0.15) is 26.8 Å². The smallest absolute Gasteiger partial charge is 0.222 e. The number of hydrogen-bond donors (Lipinski definition) is 0. The molecule has 0 saturated carbocycles. The van der Waals surface area contributed by atoms with Crippen LogP contribution < -0.4 is 4.57 Å². The van der Waals surface area contributed by atoms with E-state index in [-0.39, 0.29) is 5.69 Å². The minimum Gasteiger partial charge on any atom is -0.222 e. The lowest BCUT2D eigenvalue weighted by Gasteiger charge is -2.08. The molecule has 3 aromatic heterocycles. The molecule has 0 aliphatic heterocycles. The highest BCUT2D eigenvalue weighted by atomic mass is 32.1. The lowest BCUT2D eigenvalue weighted by atomic mass is 10.1. The zero-order chi connectivity index (χ0) is 19.5. The molecule has 4 aromatic rings. The molecule has 24 heavy (non-hydrogen) atoms. The Balaban J connectivity index is 2.03. The summed E-state index contributed by atoms with van der Waals surface area (Å²) in [6.45, 7) is 3.42. The van der Waals surface area contributed by atoms with Gasteiger partial charge in [-0.2, -0.15) is 0 Å². The Morgan fingerprint density at radius 3 is 2.50 bits per heavy atom. The maximum Gasteiger partial charge on any atom is 0.368 e. The SMILES string of the molecule is [2H]C([2H])([2H])c1nc2nc(C)c(-c3sc4ccccc4c3C)[n+](C)c2nc1C. The monoisotopic (exact) mass is 338 g/mol. The van der Waals surface area contributed by atoms with Crippen molar-refractivity contribution in [3.63, 3.8) is 0 Å². The van der Waals surface area contributed by atoms with Gasteiger partial charge in [-0.25, -0.2) is 14.5 Å². The fourth-order valence-electron chi connectivity index (χ4n) is 3.08. The van der Waals surface area contributed by atoms with Crippen LogP contribution in [0.25, 0.3) is 32.0 Å². The molecular weight excluding hydrogens is 316 g/mol. The molecule has 120 valence electrons. The normalized spacial score (nSPS) is 13.9. The molecule has 0 bridgehead atoms. The molecule has 0 aliphatic carbocycles. The number of hydrogen-bond acceptors (Lipinski definition) is 4. The lowest BCUT2D eigenvalue weighted by Crippen LogP contribution is -2.35. The molecule has 0 aliphatic rings. The summed E-state index contributed by atoms with van der Waals surface area (Å²) in [6, 6.07) is 8.33. The van der Waals surface area contributed by atoms with Gasteiger partial charge in [0.05, 0.1) is 23.3 Å². The van der Waals surface area contributed by atoms with E-state index < -0.39 is 6.85 Å². The first kappa shape index (κ1) is 12.0. The maximum atomic E-state index is 7.66. The Bertz CT molecular complexity index is 1210. The zero-order valence-electron chi connectivity index (χ0n) is 17.0. The first-order chi connectivity index (χ1) is 12.7. The van der Waals surface area contributed by atoms with E-state index in [4.69, 9.17) is 4.11 Å². The van der Waals surface area contributed by atoms with Gasteiger partial charge in [-0.3, -0.25) is 0 Å². The third-order valence-electron chi connectivity index (χ3n) is 4.36. The Labute approximate surface area is 149 Å². The van der Waals surface area contributed by atoms with Crippen molar-refractivity contribution in [2.45, 2.75) is 27.6 Å². The number of rotatable bonds is 1. The van der Waals surface area contributed by atoms with Gasteiger partial charge in [0.1, 0.15) is 0 Å². The van der Waals surface area contributed by atoms with Crippen molar-refractivity contribution in [3.05, 3.63) is 46.9 Å². The quantitative estimate of drug-likeness (QED) is 0.493. The van der Waals surface area contributed by atoms with E-state index in [1.165, 1.54) is 15.6 Å². The summed E-state index contributed by atoms with van der Waals surface area (Å²) in [5, 5.41) is 1.23. The Morgan fingerprint density at radius 1 is 1.00 bits per heavy atom. The van der Waals surface area contributed by atoms with Crippen LogP contribution in [0.2, 0.25) is 0 Å². The standard InChI is InChI=1S/C19H19N4S/c1-10-14-8-6-7-9-15(14)24-17(10)16-13(4)21-18-19(23(16)5)22-12(3)11(2)20-18/h6-9H,1-5H3/q+1/i2D3. The Kier molecular flexibility index (Phi) is 2.66. The van der Waals surface area contributed by atoms with Crippen molar-refractivity contribution in [2.24, 2.45) is 7.05 Å². The second kappa shape index (κ2) is 5.31. The van der Waals surface area contributed by atoms with E-state index in [0.29, 0.717) is 17.0 Å². The molecule has 0 amide bonds. The highest BCUT2D eigenvalue weighted by Crippen LogP contribution is 2.37. The van der Waals surface area contributed by atoms with E-state index in [0.717, 1.165) is 16.3 Å². The first-order valence-corrected chi connectivity index (χ1v) is 8.54. The fraction of sp³-hybridized carbons (Fsp3) is 0.263. The van der Waals surface area contributed by atoms with E-state index in [2.05, 4.69) is 34.0 Å². The summed E-state index contributed by atoms with van der Waals surface area (Å²) in [7, 11) is 1.93. The number of nitrogens with zero attached hydrogens (tertiary/aromatic N) is 4. The van der Waals surface area contributed by atoms with Crippen molar-refractivity contribution < 1.29 is 8.68 Å². The largest absolute Gasteiger partial charge is 0.368 e. The highest BCUT2D eigenvalue weighted by molar-refractivity contribution is 7.22. The number of thiophene rings is 1. The average molecular weight is 338 g/mol. The zero-order valence-corrected chi connectivity index (χ0v) is 14.8. The van der Waals surface area contributed by atoms with Crippen LogP contribution >= 0.6 is 11.3 Å².